The fraction of sp³-hybridized carbons (Fsp3) is 0.500. The highest BCUT2D eigenvalue weighted by Gasteiger charge is 2.26. The first-order valence-corrected chi connectivity index (χ1v) is 5.65. The molecule has 1 aromatic carbocycles. The molecule has 1 aliphatic carbocycles. The molecule has 2 rings (SSSR count). The van der Waals surface area contributed by atoms with Crippen molar-refractivity contribution < 1.29 is 4.74 Å². The molecule has 0 heterocycles. The molecule has 1 fully saturated rings. The lowest BCUT2D eigenvalue weighted by atomic mass is 9.77. The van der Waals surface area contributed by atoms with Crippen LogP contribution in [0.25, 0.3) is 0 Å². The predicted octanol–water partition coefficient (Wildman–Crippen LogP) is 2.63. The molecule has 15 heavy (non-hydrogen) atoms. The normalized spacial score (nSPS) is 24.7. The van der Waals surface area contributed by atoms with Gasteiger partial charge in [0.05, 0.1) is 7.11 Å². The lowest BCUT2D eigenvalue weighted by Gasteiger charge is -2.32. The van der Waals surface area contributed by atoms with Crippen LogP contribution in [0.15, 0.2) is 18.2 Å². The minimum absolute atomic E-state index is 0.403. The van der Waals surface area contributed by atoms with E-state index in [0.717, 1.165) is 30.0 Å². The van der Waals surface area contributed by atoms with Gasteiger partial charge in [-0.15, -0.1) is 0 Å². The fourth-order valence-electron chi connectivity index (χ4n) is 2.17. The van der Waals surface area contributed by atoms with E-state index < -0.39 is 0 Å². The van der Waals surface area contributed by atoms with Crippen LogP contribution in [0.2, 0.25) is 5.02 Å². The van der Waals surface area contributed by atoms with Crippen LogP contribution in [0, 0.1) is 5.92 Å². The van der Waals surface area contributed by atoms with Gasteiger partial charge in [-0.1, -0.05) is 11.6 Å². The third-order valence-corrected chi connectivity index (χ3v) is 3.26. The van der Waals surface area contributed by atoms with Crippen molar-refractivity contribution in [2.45, 2.75) is 25.3 Å². The zero-order valence-corrected chi connectivity index (χ0v) is 9.63. The van der Waals surface area contributed by atoms with E-state index in [-0.39, 0.29) is 0 Å². The molecule has 3 heteroatoms. The van der Waals surface area contributed by atoms with Gasteiger partial charge in [-0.2, -0.15) is 0 Å². The van der Waals surface area contributed by atoms with Crippen molar-refractivity contribution in [2.24, 2.45) is 11.7 Å². The first kappa shape index (κ1) is 10.8. The van der Waals surface area contributed by atoms with E-state index in [0.29, 0.717) is 12.0 Å². The smallest absolute Gasteiger partial charge is 0.122 e. The van der Waals surface area contributed by atoms with Crippen molar-refractivity contribution in [3.63, 3.8) is 0 Å². The molecule has 2 nitrogen and oxygen atoms in total. The van der Waals surface area contributed by atoms with E-state index >= 15 is 0 Å². The largest absolute Gasteiger partial charge is 0.496 e. The van der Waals surface area contributed by atoms with Gasteiger partial charge in [-0.05, 0) is 48.9 Å². The molecule has 0 radical (unpaired) electrons. The average molecular weight is 226 g/mol. The van der Waals surface area contributed by atoms with Crippen molar-refractivity contribution in [3.8, 4) is 5.75 Å². The first-order valence-electron chi connectivity index (χ1n) is 5.27. The van der Waals surface area contributed by atoms with Gasteiger partial charge in [0.15, 0.2) is 0 Å². The Kier molecular flexibility index (Phi) is 3.17. The Morgan fingerprint density at radius 3 is 2.80 bits per heavy atom. The van der Waals surface area contributed by atoms with E-state index in [1.807, 2.05) is 18.2 Å². The summed E-state index contributed by atoms with van der Waals surface area (Å²) in [5, 5.41) is 0.773. The van der Waals surface area contributed by atoms with Crippen molar-refractivity contribution in [2.75, 3.05) is 7.11 Å². The molecule has 0 bridgehead atoms. The van der Waals surface area contributed by atoms with Crippen LogP contribution in [0.4, 0.5) is 0 Å². The monoisotopic (exact) mass is 225 g/mol. The molecule has 1 aromatic rings. The zero-order chi connectivity index (χ0) is 10.8. The van der Waals surface area contributed by atoms with Crippen LogP contribution in [0.3, 0.4) is 0 Å². The van der Waals surface area contributed by atoms with Gasteiger partial charge in [-0.3, -0.25) is 0 Å². The topological polar surface area (TPSA) is 35.2 Å². The number of nitrogens with two attached hydrogens (primary N) is 1. The second-order valence-corrected chi connectivity index (χ2v) is 4.69. The summed E-state index contributed by atoms with van der Waals surface area (Å²) in [4.78, 5) is 0. The van der Waals surface area contributed by atoms with E-state index in [1.54, 1.807) is 7.11 Å². The Morgan fingerprint density at radius 1 is 1.47 bits per heavy atom. The maximum atomic E-state index is 5.97. The van der Waals surface area contributed by atoms with Crippen LogP contribution in [-0.4, -0.2) is 13.2 Å². The van der Waals surface area contributed by atoms with E-state index in [9.17, 15) is 0 Å². The second kappa shape index (κ2) is 4.42. The Balaban J connectivity index is 2.08. The molecule has 0 aromatic heterocycles. The summed E-state index contributed by atoms with van der Waals surface area (Å²) >= 11 is 5.97. The summed E-state index contributed by atoms with van der Waals surface area (Å²) in [6.45, 7) is 0. The number of hydrogen-bond donors (Lipinski definition) is 1. The van der Waals surface area contributed by atoms with Gasteiger partial charge in [0.1, 0.15) is 5.75 Å². The fourth-order valence-corrected chi connectivity index (χ4v) is 2.37. The summed E-state index contributed by atoms with van der Waals surface area (Å²) in [5.74, 6) is 1.63. The van der Waals surface area contributed by atoms with Crippen LogP contribution in [0.1, 0.15) is 18.4 Å². The Morgan fingerprint density at radius 2 is 2.20 bits per heavy atom. The van der Waals surface area contributed by atoms with Gasteiger partial charge in [-0.25, -0.2) is 0 Å². The molecule has 0 spiro atoms. The number of methoxy groups -OCH3 is 1. The predicted molar refractivity (Wildman–Crippen MR) is 62.4 cm³/mol. The summed E-state index contributed by atoms with van der Waals surface area (Å²) in [5.41, 5.74) is 6.96. The second-order valence-electron chi connectivity index (χ2n) is 4.26. The van der Waals surface area contributed by atoms with Gasteiger partial charge in [0.2, 0.25) is 0 Å². The van der Waals surface area contributed by atoms with Crippen molar-refractivity contribution in [3.05, 3.63) is 28.8 Å². The molecule has 1 saturated carbocycles. The Bertz CT molecular complexity index is 347. The molecule has 0 aliphatic heterocycles. The maximum Gasteiger partial charge on any atom is 0.122 e. The quantitative estimate of drug-likeness (QED) is 0.859. The van der Waals surface area contributed by atoms with E-state index in [1.165, 1.54) is 5.56 Å². The van der Waals surface area contributed by atoms with E-state index in [4.69, 9.17) is 22.1 Å². The SMILES string of the molecule is COc1ccc(Cl)cc1CC1CC(N)C1. The Labute approximate surface area is 95.4 Å². The summed E-state index contributed by atoms with van der Waals surface area (Å²) in [7, 11) is 1.69. The lowest BCUT2D eigenvalue weighted by Crippen LogP contribution is -2.37. The third kappa shape index (κ3) is 2.44. The van der Waals surface area contributed by atoms with Gasteiger partial charge in [0.25, 0.3) is 0 Å². The average Bonchev–Trinajstić information content (AvgIpc) is 2.16. The lowest BCUT2D eigenvalue weighted by molar-refractivity contribution is 0.261. The van der Waals surface area contributed by atoms with Gasteiger partial charge in [0, 0.05) is 11.1 Å². The molecule has 0 amide bonds. The summed E-state index contributed by atoms with van der Waals surface area (Å²) < 4.78 is 5.31. The highest BCUT2D eigenvalue weighted by atomic mass is 35.5. The number of hydrogen-bond acceptors (Lipinski definition) is 2. The molecular formula is C12H16ClNO. The summed E-state index contributed by atoms with van der Waals surface area (Å²) in [6, 6.07) is 6.18. The highest BCUT2D eigenvalue weighted by Crippen LogP contribution is 2.33. The summed E-state index contributed by atoms with van der Waals surface area (Å²) in [6.07, 6.45) is 3.27. The standard InChI is InChI=1S/C12H16ClNO/c1-15-12-3-2-10(13)7-9(12)4-8-5-11(14)6-8/h2-3,7-8,11H,4-6,14H2,1H3. The third-order valence-electron chi connectivity index (χ3n) is 3.02. The minimum atomic E-state index is 0.403. The molecule has 2 N–H and O–H groups in total. The maximum absolute atomic E-state index is 5.97. The van der Waals surface area contributed by atoms with Gasteiger partial charge < -0.3 is 10.5 Å². The van der Waals surface area contributed by atoms with Crippen LogP contribution in [0.5, 0.6) is 5.75 Å². The van der Waals surface area contributed by atoms with Crippen molar-refractivity contribution in [1.29, 1.82) is 0 Å². The van der Waals surface area contributed by atoms with Crippen LogP contribution in [-0.2, 0) is 6.42 Å². The first-order chi connectivity index (χ1) is 7.19. The highest BCUT2D eigenvalue weighted by molar-refractivity contribution is 6.30. The number of rotatable bonds is 3. The van der Waals surface area contributed by atoms with Crippen LogP contribution >= 0.6 is 11.6 Å². The molecule has 0 unspecified atom stereocenters. The minimum Gasteiger partial charge on any atom is -0.496 e. The van der Waals surface area contributed by atoms with Crippen molar-refractivity contribution >= 4 is 11.6 Å². The zero-order valence-electron chi connectivity index (χ0n) is 8.87. The van der Waals surface area contributed by atoms with E-state index in [2.05, 4.69) is 0 Å². The Hall–Kier alpha value is -0.730. The van der Waals surface area contributed by atoms with Gasteiger partial charge >= 0.3 is 0 Å². The number of benzene rings is 1. The molecule has 0 atom stereocenters. The molecule has 0 saturated heterocycles. The number of ether oxygens (including phenoxy) is 1. The number of halogens is 1. The van der Waals surface area contributed by atoms with Crippen LogP contribution < -0.4 is 10.5 Å². The molecule has 82 valence electrons. The van der Waals surface area contributed by atoms with Crippen molar-refractivity contribution in [1.82, 2.24) is 0 Å². The molecule has 1 aliphatic rings. The molecular weight excluding hydrogens is 210 g/mol.